The van der Waals surface area contributed by atoms with E-state index < -0.39 is 17.2 Å². The molecule has 0 aliphatic rings. The van der Waals surface area contributed by atoms with Crippen LogP contribution in [0.5, 0.6) is 0 Å². The number of rotatable bonds is 7. The summed E-state index contributed by atoms with van der Waals surface area (Å²) in [5, 5.41) is 6.47. The zero-order chi connectivity index (χ0) is 20.0. The predicted molar refractivity (Wildman–Crippen MR) is 105 cm³/mol. The molecule has 0 saturated carbocycles. The maximum absolute atomic E-state index is 12.4. The van der Waals surface area contributed by atoms with Gasteiger partial charge in [0.2, 0.25) is 5.91 Å². The van der Waals surface area contributed by atoms with Crippen LogP contribution in [0, 0.1) is 5.92 Å². The number of halogens is 1. The highest BCUT2D eigenvalue weighted by Gasteiger charge is 2.31. The van der Waals surface area contributed by atoms with Gasteiger partial charge in [-0.05, 0) is 57.7 Å². The van der Waals surface area contributed by atoms with Crippen molar-refractivity contribution in [2.24, 2.45) is 5.92 Å². The van der Waals surface area contributed by atoms with Gasteiger partial charge in [0, 0.05) is 18.0 Å². The quantitative estimate of drug-likeness (QED) is 0.737. The summed E-state index contributed by atoms with van der Waals surface area (Å²) in [5.74, 6) is 0.0692. The summed E-state index contributed by atoms with van der Waals surface area (Å²) in [6.07, 6.45) is 0.479. The molecule has 1 rings (SSSR count). The molecule has 0 heterocycles. The number of ether oxygens (including phenoxy) is 1. The van der Waals surface area contributed by atoms with Crippen molar-refractivity contribution in [1.29, 1.82) is 0 Å². The van der Waals surface area contributed by atoms with Gasteiger partial charge in [-0.1, -0.05) is 37.6 Å². The zero-order valence-corrected chi connectivity index (χ0v) is 17.4. The number of amides is 2. The van der Waals surface area contributed by atoms with Gasteiger partial charge in [-0.25, -0.2) is 4.79 Å². The molecule has 0 radical (unpaired) electrons. The molecule has 0 saturated heterocycles. The molecule has 0 bridgehead atoms. The summed E-state index contributed by atoms with van der Waals surface area (Å²) >= 11 is 5.97. The fraction of sp³-hybridized carbons (Fsp3) is 0.600. The molecule has 2 N–H and O–H groups in total. The van der Waals surface area contributed by atoms with Gasteiger partial charge in [0.05, 0.1) is 5.54 Å². The largest absolute Gasteiger partial charge is 0.444 e. The minimum atomic E-state index is -0.567. The fourth-order valence-electron chi connectivity index (χ4n) is 2.29. The van der Waals surface area contributed by atoms with E-state index in [1.165, 1.54) is 0 Å². The van der Waals surface area contributed by atoms with E-state index in [4.69, 9.17) is 16.3 Å². The summed E-state index contributed by atoms with van der Waals surface area (Å²) in [4.78, 5) is 24.3. The van der Waals surface area contributed by atoms with E-state index in [1.54, 1.807) is 0 Å². The van der Waals surface area contributed by atoms with E-state index in [0.29, 0.717) is 24.4 Å². The lowest BCUT2D eigenvalue weighted by atomic mass is 9.88. The summed E-state index contributed by atoms with van der Waals surface area (Å²) in [6, 6.07) is 7.49. The first-order chi connectivity index (χ1) is 11.9. The van der Waals surface area contributed by atoms with Crippen LogP contribution < -0.4 is 10.6 Å². The first-order valence-corrected chi connectivity index (χ1v) is 9.31. The topological polar surface area (TPSA) is 67.4 Å². The Labute approximate surface area is 161 Å². The van der Waals surface area contributed by atoms with Crippen LogP contribution in [0.1, 0.15) is 53.5 Å². The van der Waals surface area contributed by atoms with E-state index in [0.717, 1.165) is 5.56 Å². The van der Waals surface area contributed by atoms with Crippen molar-refractivity contribution >= 4 is 23.6 Å². The van der Waals surface area contributed by atoms with Gasteiger partial charge in [0.15, 0.2) is 0 Å². The molecule has 1 atom stereocenters. The Morgan fingerprint density at radius 2 is 1.85 bits per heavy atom. The first-order valence-electron chi connectivity index (χ1n) is 8.93. The number of hydrogen-bond acceptors (Lipinski definition) is 3. The van der Waals surface area contributed by atoms with Crippen LogP contribution >= 0.6 is 11.6 Å². The summed E-state index contributed by atoms with van der Waals surface area (Å²) in [6.45, 7) is 11.7. The van der Waals surface area contributed by atoms with Gasteiger partial charge < -0.3 is 15.4 Å². The third kappa shape index (κ3) is 8.09. The Morgan fingerprint density at radius 1 is 1.19 bits per heavy atom. The van der Waals surface area contributed by atoms with E-state index in [9.17, 15) is 9.59 Å². The molecular weight excluding hydrogens is 352 g/mol. The molecule has 0 spiro atoms. The number of nitrogens with one attached hydrogen (secondary N) is 2. The lowest BCUT2D eigenvalue weighted by Crippen LogP contribution is -2.57. The van der Waals surface area contributed by atoms with Crippen LogP contribution in [-0.4, -0.2) is 29.7 Å². The Bertz CT molecular complexity index is 626. The lowest BCUT2D eigenvalue weighted by Gasteiger charge is -2.35. The molecule has 146 valence electrons. The van der Waals surface area contributed by atoms with Crippen molar-refractivity contribution in [3.05, 3.63) is 34.9 Å². The second-order valence-corrected chi connectivity index (χ2v) is 8.54. The van der Waals surface area contributed by atoms with Crippen LogP contribution in [0.15, 0.2) is 24.3 Å². The number of alkyl carbamates (subject to hydrolysis) is 1. The van der Waals surface area contributed by atoms with Crippen molar-refractivity contribution < 1.29 is 14.3 Å². The Balaban J connectivity index is 2.59. The van der Waals surface area contributed by atoms with Crippen molar-refractivity contribution in [3.63, 3.8) is 0 Å². The van der Waals surface area contributed by atoms with Crippen molar-refractivity contribution in [3.8, 4) is 0 Å². The maximum Gasteiger partial charge on any atom is 0.407 e. The third-order valence-corrected chi connectivity index (χ3v) is 4.46. The molecule has 6 heteroatoms. The highest BCUT2D eigenvalue weighted by molar-refractivity contribution is 6.30. The fourth-order valence-corrected chi connectivity index (χ4v) is 2.51. The summed E-state index contributed by atoms with van der Waals surface area (Å²) < 4.78 is 5.26. The highest BCUT2D eigenvalue weighted by atomic mass is 35.5. The molecule has 0 aliphatic heterocycles. The molecular formula is C20H31ClN2O3. The minimum absolute atomic E-state index is 0.0628. The number of carbonyl (C=O) groups is 2. The van der Waals surface area contributed by atoms with Crippen LogP contribution in [0.25, 0.3) is 0 Å². The average Bonchev–Trinajstić information content (AvgIpc) is 2.49. The molecule has 0 aromatic heterocycles. The smallest absolute Gasteiger partial charge is 0.407 e. The van der Waals surface area contributed by atoms with Gasteiger partial charge in [0.25, 0.3) is 0 Å². The van der Waals surface area contributed by atoms with E-state index in [-0.39, 0.29) is 11.8 Å². The van der Waals surface area contributed by atoms with E-state index >= 15 is 0 Å². The monoisotopic (exact) mass is 382 g/mol. The second-order valence-electron chi connectivity index (χ2n) is 8.11. The van der Waals surface area contributed by atoms with Gasteiger partial charge >= 0.3 is 6.09 Å². The number of carbonyl (C=O) groups excluding carboxylic acids is 2. The summed E-state index contributed by atoms with van der Waals surface area (Å²) in [5.41, 5.74) is -0.105. The molecule has 1 aromatic carbocycles. The molecule has 1 aromatic rings. The average molecular weight is 383 g/mol. The van der Waals surface area contributed by atoms with Crippen LogP contribution in [0.4, 0.5) is 4.79 Å². The SMILES string of the molecule is CC(C)C(C)(CNC(=O)OC(C)(C)C)NC(=O)CCc1cccc(Cl)c1. The third-order valence-electron chi connectivity index (χ3n) is 4.23. The Hall–Kier alpha value is -1.75. The van der Waals surface area contributed by atoms with Crippen LogP contribution in [0.2, 0.25) is 5.02 Å². The van der Waals surface area contributed by atoms with Crippen molar-refractivity contribution in [1.82, 2.24) is 10.6 Å². The van der Waals surface area contributed by atoms with Crippen molar-refractivity contribution in [2.45, 2.75) is 65.5 Å². The highest BCUT2D eigenvalue weighted by Crippen LogP contribution is 2.17. The van der Waals surface area contributed by atoms with E-state index in [1.807, 2.05) is 65.8 Å². The number of benzene rings is 1. The minimum Gasteiger partial charge on any atom is -0.444 e. The second kappa shape index (κ2) is 9.26. The Morgan fingerprint density at radius 3 is 2.38 bits per heavy atom. The molecule has 5 nitrogen and oxygen atoms in total. The molecule has 1 unspecified atom stereocenters. The van der Waals surface area contributed by atoms with Crippen LogP contribution in [-0.2, 0) is 16.0 Å². The van der Waals surface area contributed by atoms with Gasteiger partial charge in [0.1, 0.15) is 5.60 Å². The number of aryl methyl sites for hydroxylation is 1. The molecule has 0 fully saturated rings. The van der Waals surface area contributed by atoms with Gasteiger partial charge in [-0.15, -0.1) is 0 Å². The molecule has 2 amide bonds. The van der Waals surface area contributed by atoms with Gasteiger partial charge in [-0.2, -0.15) is 0 Å². The van der Waals surface area contributed by atoms with E-state index in [2.05, 4.69) is 10.6 Å². The predicted octanol–water partition coefficient (Wildman–Crippen LogP) is 4.33. The Kier molecular flexibility index (Phi) is 7.94. The number of hydrogen-bond donors (Lipinski definition) is 2. The summed E-state index contributed by atoms with van der Waals surface area (Å²) in [7, 11) is 0. The first kappa shape index (κ1) is 22.3. The van der Waals surface area contributed by atoms with Crippen molar-refractivity contribution in [2.75, 3.05) is 6.54 Å². The maximum atomic E-state index is 12.4. The lowest BCUT2D eigenvalue weighted by molar-refractivity contribution is -0.123. The normalized spacial score (nSPS) is 13.8. The van der Waals surface area contributed by atoms with Gasteiger partial charge in [-0.3, -0.25) is 4.79 Å². The zero-order valence-electron chi connectivity index (χ0n) is 16.6. The molecule has 0 aliphatic carbocycles. The van der Waals surface area contributed by atoms with Crippen LogP contribution in [0.3, 0.4) is 0 Å². The molecule has 26 heavy (non-hydrogen) atoms. The standard InChI is InChI=1S/C20H31ClN2O3/c1-14(2)20(6,13-22-18(25)26-19(3,4)5)23-17(24)11-10-15-8-7-9-16(21)12-15/h7-9,12,14H,10-11,13H2,1-6H3,(H,22,25)(H,23,24).